The lowest BCUT2D eigenvalue weighted by atomic mass is 10.0. The summed E-state index contributed by atoms with van der Waals surface area (Å²) in [6, 6.07) is 13.9. The zero-order valence-electron chi connectivity index (χ0n) is 19.7. The Kier molecular flexibility index (Phi) is 7.09. The molecule has 2 aromatic carbocycles. The number of aryl methyl sites for hydroxylation is 2. The zero-order chi connectivity index (χ0) is 24.5. The number of carbonyl (C=O) groups is 1. The Morgan fingerprint density at radius 2 is 1.82 bits per heavy atom. The highest BCUT2D eigenvalue weighted by Gasteiger charge is 2.45. The number of halogens is 1. The first kappa shape index (κ1) is 24.4. The fraction of sp³-hybridized carbons (Fsp3) is 0.481. The number of hydrogen-bond acceptors (Lipinski definition) is 4. The zero-order valence-corrected chi connectivity index (χ0v) is 20.5. The van der Waals surface area contributed by atoms with Gasteiger partial charge in [-0.2, -0.15) is 5.26 Å². The average molecular weight is 483 g/mol. The summed E-state index contributed by atoms with van der Waals surface area (Å²) in [5.74, 6) is -1.27. The minimum absolute atomic E-state index is 0.120. The van der Waals surface area contributed by atoms with E-state index in [1.54, 1.807) is 42.2 Å². The van der Waals surface area contributed by atoms with Crippen LogP contribution in [0.1, 0.15) is 55.2 Å². The van der Waals surface area contributed by atoms with Gasteiger partial charge in [0.25, 0.3) is 0 Å². The summed E-state index contributed by atoms with van der Waals surface area (Å²) >= 11 is 0. The number of benzene rings is 2. The van der Waals surface area contributed by atoms with Crippen molar-refractivity contribution in [3.8, 4) is 6.07 Å². The van der Waals surface area contributed by atoms with Gasteiger partial charge in [0.1, 0.15) is 5.82 Å². The summed E-state index contributed by atoms with van der Waals surface area (Å²) < 4.78 is 41.2. The van der Waals surface area contributed by atoms with Crippen molar-refractivity contribution in [1.29, 1.82) is 5.26 Å². The molecule has 2 aliphatic rings. The fourth-order valence-electron chi connectivity index (χ4n) is 5.37. The van der Waals surface area contributed by atoms with Crippen LogP contribution in [0.4, 0.5) is 4.39 Å². The Morgan fingerprint density at radius 1 is 1.09 bits per heavy atom. The van der Waals surface area contributed by atoms with Crippen LogP contribution in [0.5, 0.6) is 0 Å². The van der Waals surface area contributed by atoms with Crippen molar-refractivity contribution < 1.29 is 17.6 Å². The lowest BCUT2D eigenvalue weighted by molar-refractivity contribution is -0.138. The van der Waals surface area contributed by atoms with E-state index in [0.29, 0.717) is 49.7 Å². The van der Waals surface area contributed by atoms with Crippen LogP contribution >= 0.6 is 0 Å². The molecule has 4 rings (SSSR count). The van der Waals surface area contributed by atoms with Gasteiger partial charge < -0.3 is 4.90 Å². The van der Waals surface area contributed by atoms with E-state index in [4.69, 9.17) is 0 Å². The molecule has 0 radical (unpaired) electrons. The molecule has 7 heteroatoms. The van der Waals surface area contributed by atoms with E-state index in [9.17, 15) is 22.9 Å². The molecule has 1 amide bonds. The topological polar surface area (TPSA) is 78.2 Å². The first-order valence-electron chi connectivity index (χ1n) is 12.0. The van der Waals surface area contributed by atoms with Gasteiger partial charge in [-0.25, -0.2) is 12.8 Å². The second-order valence-electron chi connectivity index (χ2n) is 9.78. The molecule has 0 N–H and O–H groups in total. The van der Waals surface area contributed by atoms with E-state index in [1.165, 1.54) is 6.07 Å². The monoisotopic (exact) mass is 482 g/mol. The van der Waals surface area contributed by atoms with E-state index in [1.807, 2.05) is 13.0 Å². The molecule has 5 nitrogen and oxygen atoms in total. The summed E-state index contributed by atoms with van der Waals surface area (Å²) in [6.07, 6.45) is 3.61. The molecule has 0 heterocycles. The number of rotatable bonds is 6. The molecule has 0 spiro atoms. The van der Waals surface area contributed by atoms with Gasteiger partial charge in [0.05, 0.1) is 22.1 Å². The van der Waals surface area contributed by atoms with Gasteiger partial charge in [-0.1, -0.05) is 36.2 Å². The van der Waals surface area contributed by atoms with E-state index in [2.05, 4.69) is 6.07 Å². The first-order chi connectivity index (χ1) is 16.2. The van der Waals surface area contributed by atoms with Gasteiger partial charge in [-0.3, -0.25) is 4.79 Å². The van der Waals surface area contributed by atoms with Crippen molar-refractivity contribution in [2.24, 2.45) is 11.8 Å². The second kappa shape index (κ2) is 9.87. The molecule has 2 aliphatic carbocycles. The van der Waals surface area contributed by atoms with Gasteiger partial charge in [0.15, 0.2) is 9.84 Å². The van der Waals surface area contributed by atoms with Crippen molar-refractivity contribution in [3.05, 3.63) is 65.0 Å². The van der Waals surface area contributed by atoms with E-state index in [0.717, 1.165) is 5.56 Å². The van der Waals surface area contributed by atoms with Gasteiger partial charge in [-0.15, -0.1) is 0 Å². The number of nitriles is 1. The maximum absolute atomic E-state index is 14.2. The van der Waals surface area contributed by atoms with Crippen LogP contribution in [0, 0.1) is 42.8 Å². The van der Waals surface area contributed by atoms with Gasteiger partial charge in [0.2, 0.25) is 5.91 Å². The molecule has 2 fully saturated rings. The third-order valence-corrected chi connectivity index (χ3v) is 9.71. The predicted molar refractivity (Wildman–Crippen MR) is 128 cm³/mol. The van der Waals surface area contributed by atoms with Crippen LogP contribution < -0.4 is 0 Å². The molecule has 34 heavy (non-hydrogen) atoms. The summed E-state index contributed by atoms with van der Waals surface area (Å²) in [5.41, 5.74) is 2.18. The third-order valence-electron chi connectivity index (χ3n) is 7.42. The molecule has 0 unspecified atom stereocenters. The number of carbonyl (C=O) groups excluding carboxylic acids is 1. The van der Waals surface area contributed by atoms with Crippen molar-refractivity contribution in [1.82, 2.24) is 4.90 Å². The smallest absolute Gasteiger partial charge is 0.227 e. The maximum atomic E-state index is 14.2. The van der Waals surface area contributed by atoms with Gasteiger partial charge >= 0.3 is 0 Å². The molecule has 2 aromatic rings. The number of hydrogen-bond donors (Lipinski definition) is 0. The molecule has 0 aromatic heterocycles. The van der Waals surface area contributed by atoms with Crippen molar-refractivity contribution in [3.63, 3.8) is 0 Å². The Morgan fingerprint density at radius 3 is 2.47 bits per heavy atom. The largest absolute Gasteiger partial charge is 0.335 e. The van der Waals surface area contributed by atoms with E-state index in [-0.39, 0.29) is 35.1 Å². The predicted octanol–water partition coefficient (Wildman–Crippen LogP) is 5.11. The van der Waals surface area contributed by atoms with E-state index < -0.39 is 21.0 Å². The molecule has 4 atom stereocenters. The normalized spacial score (nSPS) is 24.6. The second-order valence-corrected chi connectivity index (χ2v) is 11.9. The van der Waals surface area contributed by atoms with Crippen LogP contribution in [0.3, 0.4) is 0 Å². The van der Waals surface area contributed by atoms with Crippen LogP contribution in [-0.4, -0.2) is 30.5 Å². The van der Waals surface area contributed by atoms with E-state index >= 15 is 0 Å². The lowest BCUT2D eigenvalue weighted by Crippen LogP contribution is -2.45. The number of sulfone groups is 1. The summed E-state index contributed by atoms with van der Waals surface area (Å²) in [4.78, 5) is 15.9. The van der Waals surface area contributed by atoms with Gasteiger partial charge in [0, 0.05) is 18.5 Å². The standard InChI is InChI=1S/C27H31FN2O3S/c1-18-6-12-23(13-7-18)34(32,33)26-5-3-4-24(26)27(31)30(22-11-10-20(14-22)16-29)17-21-9-8-19(2)25(28)15-21/h6-9,12-13,15,20,22,24,26H,3-5,10-11,14,17H2,1-2H3/t20-,22+,24+,26+/m0/s1. The highest BCUT2D eigenvalue weighted by Crippen LogP contribution is 2.38. The minimum atomic E-state index is -3.67. The van der Waals surface area contributed by atoms with Crippen LogP contribution in [-0.2, 0) is 21.2 Å². The summed E-state index contributed by atoms with van der Waals surface area (Å²) in [5, 5.41) is 8.61. The SMILES string of the molecule is Cc1ccc(S(=O)(=O)[C@@H]2CCC[C@H]2C(=O)N(Cc2ccc(C)c(F)c2)[C@@H]2CC[C@H](C#N)C2)cc1. The molecular weight excluding hydrogens is 451 g/mol. The van der Waals surface area contributed by atoms with Crippen molar-refractivity contribution >= 4 is 15.7 Å². The molecule has 0 saturated heterocycles. The first-order valence-corrected chi connectivity index (χ1v) is 13.5. The number of nitrogens with zero attached hydrogens (tertiary/aromatic N) is 2. The average Bonchev–Trinajstić information content (AvgIpc) is 3.50. The minimum Gasteiger partial charge on any atom is -0.335 e. The quantitative estimate of drug-likeness (QED) is 0.573. The fourth-order valence-corrected chi connectivity index (χ4v) is 7.40. The van der Waals surface area contributed by atoms with Crippen LogP contribution in [0.2, 0.25) is 0 Å². The molecule has 0 aliphatic heterocycles. The summed E-state index contributed by atoms with van der Waals surface area (Å²) in [6.45, 7) is 3.81. The highest BCUT2D eigenvalue weighted by molar-refractivity contribution is 7.92. The molecule has 2 saturated carbocycles. The van der Waals surface area contributed by atoms with Crippen molar-refractivity contribution in [2.75, 3.05) is 0 Å². The Labute approximate surface area is 201 Å². The number of amides is 1. The third kappa shape index (κ3) is 4.88. The van der Waals surface area contributed by atoms with Crippen LogP contribution in [0.25, 0.3) is 0 Å². The molecule has 180 valence electrons. The Balaban J connectivity index is 1.63. The lowest BCUT2D eigenvalue weighted by Gasteiger charge is -2.33. The highest BCUT2D eigenvalue weighted by atomic mass is 32.2. The Hall–Kier alpha value is -2.72. The molecule has 0 bridgehead atoms. The van der Waals surface area contributed by atoms with Gasteiger partial charge in [-0.05, 0) is 75.3 Å². The molecular formula is C27H31FN2O3S. The Bertz CT molecular complexity index is 1200. The summed E-state index contributed by atoms with van der Waals surface area (Å²) in [7, 11) is -3.67. The maximum Gasteiger partial charge on any atom is 0.227 e. The van der Waals surface area contributed by atoms with Crippen LogP contribution in [0.15, 0.2) is 47.4 Å². The van der Waals surface area contributed by atoms with Crippen molar-refractivity contribution in [2.45, 2.75) is 75.1 Å².